The highest BCUT2D eigenvalue weighted by molar-refractivity contribution is 5.94. The lowest BCUT2D eigenvalue weighted by Crippen LogP contribution is -2.51. The van der Waals surface area contributed by atoms with Crippen LogP contribution in [0.15, 0.2) is 18.5 Å². The number of carbonyl (C=O) groups is 1. The summed E-state index contributed by atoms with van der Waals surface area (Å²) >= 11 is 0. The first-order valence-corrected chi connectivity index (χ1v) is 6.67. The normalized spacial score (nSPS) is 18.4. The van der Waals surface area contributed by atoms with Crippen molar-refractivity contribution < 1.29 is 4.79 Å². The molecule has 98 valence electrons. The molecule has 0 atom stereocenters. The van der Waals surface area contributed by atoms with E-state index in [9.17, 15) is 4.79 Å². The number of fused-ring (bicyclic) bond motifs is 1. The fraction of sp³-hybridized carbons (Fsp3) is 0.462. The number of nitrogens with one attached hydrogen (secondary N) is 1. The van der Waals surface area contributed by atoms with E-state index in [1.807, 2.05) is 21.8 Å². The summed E-state index contributed by atoms with van der Waals surface area (Å²) in [6.07, 6.45) is 6.83. The van der Waals surface area contributed by atoms with Gasteiger partial charge >= 0.3 is 0 Å². The van der Waals surface area contributed by atoms with Gasteiger partial charge in [0.2, 0.25) is 0 Å². The SMILES string of the molecule is O=C(c1n[nH]c2c1CCC2)N1CC(n2cccn2)C1. The summed E-state index contributed by atoms with van der Waals surface area (Å²) in [5.41, 5.74) is 2.91. The highest BCUT2D eigenvalue weighted by Gasteiger charge is 2.35. The molecule has 0 saturated carbocycles. The average Bonchev–Trinajstić information content (AvgIpc) is 3.03. The molecule has 1 fully saturated rings. The van der Waals surface area contributed by atoms with E-state index in [0.717, 1.165) is 43.6 Å². The number of amides is 1. The van der Waals surface area contributed by atoms with Crippen molar-refractivity contribution in [1.29, 1.82) is 0 Å². The van der Waals surface area contributed by atoms with E-state index in [1.54, 1.807) is 6.20 Å². The Morgan fingerprint density at radius 1 is 1.37 bits per heavy atom. The fourth-order valence-corrected chi connectivity index (χ4v) is 2.93. The summed E-state index contributed by atoms with van der Waals surface area (Å²) in [5.74, 6) is 0.0582. The van der Waals surface area contributed by atoms with Gasteiger partial charge in [-0.25, -0.2) is 0 Å². The monoisotopic (exact) mass is 257 g/mol. The van der Waals surface area contributed by atoms with Crippen LogP contribution in [-0.2, 0) is 12.8 Å². The summed E-state index contributed by atoms with van der Waals surface area (Å²) in [4.78, 5) is 14.2. The Morgan fingerprint density at radius 2 is 2.26 bits per heavy atom. The number of aryl methyl sites for hydroxylation is 1. The smallest absolute Gasteiger partial charge is 0.274 e. The number of H-pyrrole nitrogens is 1. The van der Waals surface area contributed by atoms with Crippen molar-refractivity contribution in [2.24, 2.45) is 0 Å². The van der Waals surface area contributed by atoms with E-state index >= 15 is 0 Å². The molecule has 1 aliphatic carbocycles. The van der Waals surface area contributed by atoms with E-state index in [2.05, 4.69) is 15.3 Å². The van der Waals surface area contributed by atoms with Crippen LogP contribution in [-0.4, -0.2) is 43.9 Å². The van der Waals surface area contributed by atoms with E-state index in [4.69, 9.17) is 0 Å². The number of hydrogen-bond acceptors (Lipinski definition) is 3. The molecule has 0 aromatic carbocycles. The van der Waals surface area contributed by atoms with Crippen LogP contribution in [0.25, 0.3) is 0 Å². The molecule has 3 heterocycles. The minimum atomic E-state index is 0.0582. The number of aromatic amines is 1. The maximum atomic E-state index is 12.4. The second-order valence-corrected chi connectivity index (χ2v) is 5.23. The van der Waals surface area contributed by atoms with E-state index < -0.39 is 0 Å². The van der Waals surface area contributed by atoms with Gasteiger partial charge in [0.1, 0.15) is 0 Å². The van der Waals surface area contributed by atoms with Gasteiger partial charge in [0.05, 0.1) is 6.04 Å². The first kappa shape index (κ1) is 10.8. The lowest BCUT2D eigenvalue weighted by atomic mass is 10.1. The molecule has 2 aromatic heterocycles. The Balaban J connectivity index is 1.48. The van der Waals surface area contributed by atoms with Crippen LogP contribution in [0.2, 0.25) is 0 Å². The van der Waals surface area contributed by atoms with Crippen LogP contribution in [0, 0.1) is 0 Å². The highest BCUT2D eigenvalue weighted by Crippen LogP contribution is 2.27. The van der Waals surface area contributed by atoms with E-state index in [0.29, 0.717) is 11.7 Å². The van der Waals surface area contributed by atoms with Crippen molar-refractivity contribution in [2.75, 3.05) is 13.1 Å². The molecule has 1 amide bonds. The molecule has 1 saturated heterocycles. The van der Waals surface area contributed by atoms with Crippen molar-refractivity contribution in [2.45, 2.75) is 25.3 Å². The maximum Gasteiger partial charge on any atom is 0.274 e. The summed E-state index contributed by atoms with van der Waals surface area (Å²) in [6.45, 7) is 1.45. The molecule has 0 unspecified atom stereocenters. The minimum Gasteiger partial charge on any atom is -0.333 e. The zero-order valence-corrected chi connectivity index (χ0v) is 10.5. The second kappa shape index (κ2) is 3.94. The molecule has 1 aliphatic heterocycles. The Bertz CT molecular complexity index is 609. The third-order valence-electron chi connectivity index (χ3n) is 4.06. The Kier molecular flexibility index (Phi) is 2.24. The second-order valence-electron chi connectivity index (χ2n) is 5.23. The highest BCUT2D eigenvalue weighted by atomic mass is 16.2. The van der Waals surface area contributed by atoms with Crippen LogP contribution >= 0.6 is 0 Å². The molecule has 2 aliphatic rings. The van der Waals surface area contributed by atoms with Crippen LogP contribution in [0.3, 0.4) is 0 Å². The molecule has 0 bridgehead atoms. The lowest BCUT2D eigenvalue weighted by Gasteiger charge is -2.38. The summed E-state index contributed by atoms with van der Waals surface area (Å²) in [7, 11) is 0. The van der Waals surface area contributed by atoms with E-state index in [-0.39, 0.29) is 5.91 Å². The van der Waals surface area contributed by atoms with Gasteiger partial charge in [0, 0.05) is 36.7 Å². The van der Waals surface area contributed by atoms with Gasteiger partial charge in [0.25, 0.3) is 5.91 Å². The number of carbonyl (C=O) groups excluding carboxylic acids is 1. The third kappa shape index (κ3) is 1.59. The van der Waals surface area contributed by atoms with Crippen LogP contribution in [0.4, 0.5) is 0 Å². The zero-order chi connectivity index (χ0) is 12.8. The van der Waals surface area contributed by atoms with Gasteiger partial charge in [-0.3, -0.25) is 14.6 Å². The lowest BCUT2D eigenvalue weighted by molar-refractivity contribution is 0.0494. The maximum absolute atomic E-state index is 12.4. The molecule has 4 rings (SSSR count). The molecule has 19 heavy (non-hydrogen) atoms. The molecule has 6 nitrogen and oxygen atoms in total. The number of hydrogen-bond donors (Lipinski definition) is 1. The van der Waals surface area contributed by atoms with Crippen LogP contribution in [0.5, 0.6) is 0 Å². The van der Waals surface area contributed by atoms with Crippen LogP contribution < -0.4 is 0 Å². The summed E-state index contributed by atoms with van der Waals surface area (Å²) < 4.78 is 1.92. The van der Waals surface area contributed by atoms with Gasteiger partial charge in [-0.15, -0.1) is 0 Å². The third-order valence-corrected chi connectivity index (χ3v) is 4.06. The van der Waals surface area contributed by atoms with E-state index in [1.165, 1.54) is 0 Å². The largest absolute Gasteiger partial charge is 0.333 e. The number of rotatable bonds is 2. The summed E-state index contributed by atoms with van der Waals surface area (Å²) in [6, 6.07) is 2.22. The number of likely N-dealkylation sites (tertiary alicyclic amines) is 1. The molecule has 0 radical (unpaired) electrons. The zero-order valence-electron chi connectivity index (χ0n) is 10.5. The predicted molar refractivity (Wildman–Crippen MR) is 67.8 cm³/mol. The quantitative estimate of drug-likeness (QED) is 0.865. The standard InChI is InChI=1S/C13H15N5O/c19-13(12-10-3-1-4-11(10)15-16-12)17-7-9(8-17)18-6-2-5-14-18/h2,5-6,9H,1,3-4,7-8H2,(H,15,16). The van der Waals surface area contributed by atoms with Gasteiger partial charge in [-0.05, 0) is 25.3 Å². The number of nitrogens with zero attached hydrogens (tertiary/aromatic N) is 4. The van der Waals surface area contributed by atoms with Crippen LogP contribution in [0.1, 0.15) is 34.2 Å². The Labute approximate surface area is 110 Å². The fourth-order valence-electron chi connectivity index (χ4n) is 2.93. The molecule has 0 spiro atoms. The topological polar surface area (TPSA) is 66.8 Å². The molecule has 1 N–H and O–H groups in total. The van der Waals surface area contributed by atoms with Gasteiger partial charge in [-0.1, -0.05) is 0 Å². The van der Waals surface area contributed by atoms with Crippen molar-refractivity contribution in [3.05, 3.63) is 35.4 Å². The van der Waals surface area contributed by atoms with Gasteiger partial charge in [-0.2, -0.15) is 10.2 Å². The van der Waals surface area contributed by atoms with Gasteiger partial charge < -0.3 is 4.90 Å². The minimum absolute atomic E-state index is 0.0582. The average molecular weight is 257 g/mol. The van der Waals surface area contributed by atoms with Crippen molar-refractivity contribution in [3.8, 4) is 0 Å². The Hall–Kier alpha value is -2.11. The first-order valence-electron chi connectivity index (χ1n) is 6.67. The van der Waals surface area contributed by atoms with Gasteiger partial charge in [0.15, 0.2) is 5.69 Å². The molecular weight excluding hydrogens is 242 g/mol. The molecular formula is C13H15N5O. The number of aromatic nitrogens is 4. The van der Waals surface area contributed by atoms with Crippen molar-refractivity contribution >= 4 is 5.91 Å². The predicted octanol–water partition coefficient (Wildman–Crippen LogP) is 0.792. The van der Waals surface area contributed by atoms with Crippen molar-refractivity contribution in [1.82, 2.24) is 24.9 Å². The molecule has 6 heteroatoms. The Morgan fingerprint density at radius 3 is 3.05 bits per heavy atom. The molecule has 2 aromatic rings. The van der Waals surface area contributed by atoms with Crippen molar-refractivity contribution in [3.63, 3.8) is 0 Å². The first-order chi connectivity index (χ1) is 9.33. The summed E-state index contributed by atoms with van der Waals surface area (Å²) in [5, 5.41) is 11.4.